The third kappa shape index (κ3) is 3.38. The number of likely N-dealkylation sites (tertiary alicyclic amines) is 1. The van der Waals surface area contributed by atoms with Gasteiger partial charge in [0.25, 0.3) is 0 Å². The molecule has 0 radical (unpaired) electrons. The quantitative estimate of drug-likeness (QED) is 0.785. The molecule has 2 aliphatic rings. The van der Waals surface area contributed by atoms with Crippen LogP contribution in [0.2, 0.25) is 0 Å². The van der Waals surface area contributed by atoms with E-state index < -0.39 is 0 Å². The lowest BCUT2D eigenvalue weighted by atomic mass is 10.1. The van der Waals surface area contributed by atoms with Gasteiger partial charge in [-0.1, -0.05) is 0 Å². The van der Waals surface area contributed by atoms with E-state index in [0.717, 1.165) is 13.1 Å². The molecule has 2 rings (SSSR count). The Hall–Kier alpha value is -0.220. The molecule has 86 valence electrons. The summed E-state index contributed by atoms with van der Waals surface area (Å²) in [6.07, 6.45) is 4.81. The number of carbonyl (C=O) groups excluding carboxylic acids is 1. The normalized spacial score (nSPS) is 23.3. The van der Waals surface area contributed by atoms with E-state index in [1.54, 1.807) is 0 Å². The average molecular weight is 228 g/mol. The monoisotopic (exact) mass is 228 g/mol. The molecule has 0 aromatic rings. The van der Waals surface area contributed by atoms with E-state index in [4.69, 9.17) is 0 Å². The summed E-state index contributed by atoms with van der Waals surface area (Å²) in [6, 6.07) is 0.581. The molecular formula is C11H20N2OS. The van der Waals surface area contributed by atoms with Crippen molar-refractivity contribution in [2.24, 2.45) is 0 Å². The maximum atomic E-state index is 11.7. The molecule has 4 heteroatoms. The highest BCUT2D eigenvalue weighted by molar-refractivity contribution is 7.99. The number of hydrogen-bond donors (Lipinski definition) is 1. The molecule has 1 amide bonds. The lowest BCUT2D eigenvalue weighted by molar-refractivity contribution is -0.129. The van der Waals surface area contributed by atoms with Crippen molar-refractivity contribution >= 4 is 17.7 Å². The van der Waals surface area contributed by atoms with Crippen molar-refractivity contribution in [2.45, 2.75) is 31.7 Å². The van der Waals surface area contributed by atoms with Gasteiger partial charge >= 0.3 is 0 Å². The Morgan fingerprint density at radius 1 is 1.27 bits per heavy atom. The van der Waals surface area contributed by atoms with E-state index in [9.17, 15) is 4.79 Å². The van der Waals surface area contributed by atoms with E-state index in [1.165, 1.54) is 37.2 Å². The van der Waals surface area contributed by atoms with Gasteiger partial charge in [-0.2, -0.15) is 11.8 Å². The van der Waals surface area contributed by atoms with Crippen LogP contribution in [-0.4, -0.2) is 48.0 Å². The molecule has 2 saturated heterocycles. The topological polar surface area (TPSA) is 32.3 Å². The van der Waals surface area contributed by atoms with Gasteiger partial charge in [0.2, 0.25) is 5.91 Å². The van der Waals surface area contributed by atoms with Crippen LogP contribution in [0.5, 0.6) is 0 Å². The standard InChI is InChI=1S/C11H20N2OS/c14-11(13-5-1-2-6-13)9-12-10-3-7-15-8-4-10/h10,12H,1-9H2. The number of amides is 1. The van der Waals surface area contributed by atoms with Crippen molar-refractivity contribution in [3.63, 3.8) is 0 Å². The summed E-state index contributed by atoms with van der Waals surface area (Å²) < 4.78 is 0. The second kappa shape index (κ2) is 5.75. The fourth-order valence-corrected chi connectivity index (χ4v) is 3.32. The van der Waals surface area contributed by atoms with Gasteiger partial charge in [0.05, 0.1) is 6.54 Å². The molecule has 0 bridgehead atoms. The molecule has 15 heavy (non-hydrogen) atoms. The molecule has 0 aromatic carbocycles. The van der Waals surface area contributed by atoms with Gasteiger partial charge in [-0.3, -0.25) is 4.79 Å². The van der Waals surface area contributed by atoms with E-state index in [-0.39, 0.29) is 0 Å². The molecular weight excluding hydrogens is 208 g/mol. The van der Waals surface area contributed by atoms with Gasteiger partial charge in [0.15, 0.2) is 0 Å². The van der Waals surface area contributed by atoms with Crippen LogP contribution in [-0.2, 0) is 4.79 Å². The Kier molecular flexibility index (Phi) is 4.32. The number of thioether (sulfide) groups is 1. The van der Waals surface area contributed by atoms with Crippen molar-refractivity contribution in [1.29, 1.82) is 0 Å². The van der Waals surface area contributed by atoms with Crippen LogP contribution in [0.15, 0.2) is 0 Å². The van der Waals surface area contributed by atoms with E-state index in [1.807, 2.05) is 16.7 Å². The predicted octanol–water partition coefficient (Wildman–Crippen LogP) is 1.09. The summed E-state index contributed by atoms with van der Waals surface area (Å²) in [4.78, 5) is 13.7. The third-order valence-electron chi connectivity index (χ3n) is 3.22. The fourth-order valence-electron chi connectivity index (χ4n) is 2.21. The number of nitrogens with zero attached hydrogens (tertiary/aromatic N) is 1. The Morgan fingerprint density at radius 2 is 1.93 bits per heavy atom. The number of rotatable bonds is 3. The zero-order valence-electron chi connectivity index (χ0n) is 9.21. The number of nitrogens with one attached hydrogen (secondary N) is 1. The van der Waals surface area contributed by atoms with Crippen molar-refractivity contribution < 1.29 is 4.79 Å². The lowest BCUT2D eigenvalue weighted by Gasteiger charge is -2.23. The summed E-state index contributed by atoms with van der Waals surface area (Å²) in [5, 5.41) is 3.39. The van der Waals surface area contributed by atoms with Crippen LogP contribution in [0.4, 0.5) is 0 Å². The minimum Gasteiger partial charge on any atom is -0.342 e. The Morgan fingerprint density at radius 3 is 2.60 bits per heavy atom. The maximum Gasteiger partial charge on any atom is 0.236 e. The Balaban J connectivity index is 1.65. The van der Waals surface area contributed by atoms with Crippen molar-refractivity contribution in [3.05, 3.63) is 0 Å². The van der Waals surface area contributed by atoms with Crippen LogP contribution in [0, 0.1) is 0 Å². The largest absolute Gasteiger partial charge is 0.342 e. The molecule has 3 nitrogen and oxygen atoms in total. The highest BCUT2D eigenvalue weighted by Crippen LogP contribution is 2.16. The third-order valence-corrected chi connectivity index (χ3v) is 4.27. The second-order valence-corrected chi connectivity index (χ2v) is 5.58. The summed E-state index contributed by atoms with van der Waals surface area (Å²) in [5.41, 5.74) is 0. The van der Waals surface area contributed by atoms with Crippen LogP contribution >= 0.6 is 11.8 Å². The number of hydrogen-bond acceptors (Lipinski definition) is 3. The summed E-state index contributed by atoms with van der Waals surface area (Å²) in [7, 11) is 0. The molecule has 0 spiro atoms. The SMILES string of the molecule is O=C(CNC1CCSCC1)N1CCCC1. The lowest BCUT2D eigenvalue weighted by Crippen LogP contribution is -2.41. The molecule has 0 aromatic heterocycles. The van der Waals surface area contributed by atoms with Crippen LogP contribution < -0.4 is 5.32 Å². The average Bonchev–Trinajstić information content (AvgIpc) is 2.81. The zero-order valence-corrected chi connectivity index (χ0v) is 10.0. The highest BCUT2D eigenvalue weighted by atomic mass is 32.2. The molecule has 0 aliphatic carbocycles. The summed E-state index contributed by atoms with van der Waals surface area (Å²) in [6.45, 7) is 2.50. The van der Waals surface area contributed by atoms with E-state index in [0.29, 0.717) is 18.5 Å². The smallest absolute Gasteiger partial charge is 0.236 e. The molecule has 1 N–H and O–H groups in total. The van der Waals surface area contributed by atoms with Gasteiger partial charge < -0.3 is 10.2 Å². The second-order valence-electron chi connectivity index (χ2n) is 4.36. The summed E-state index contributed by atoms with van der Waals surface area (Å²) in [5.74, 6) is 2.79. The van der Waals surface area contributed by atoms with Gasteiger partial charge in [-0.25, -0.2) is 0 Å². The highest BCUT2D eigenvalue weighted by Gasteiger charge is 2.19. The molecule has 0 atom stereocenters. The van der Waals surface area contributed by atoms with Crippen LogP contribution in [0.25, 0.3) is 0 Å². The molecule has 2 aliphatic heterocycles. The molecule has 2 fully saturated rings. The van der Waals surface area contributed by atoms with Crippen molar-refractivity contribution in [1.82, 2.24) is 10.2 Å². The number of carbonyl (C=O) groups is 1. The Labute approximate surface area is 96.0 Å². The van der Waals surface area contributed by atoms with Crippen molar-refractivity contribution in [2.75, 3.05) is 31.1 Å². The van der Waals surface area contributed by atoms with Crippen LogP contribution in [0.1, 0.15) is 25.7 Å². The molecule has 2 heterocycles. The minimum absolute atomic E-state index is 0.297. The Bertz CT molecular complexity index is 211. The van der Waals surface area contributed by atoms with Gasteiger partial charge in [-0.15, -0.1) is 0 Å². The van der Waals surface area contributed by atoms with E-state index in [2.05, 4.69) is 5.32 Å². The molecule has 0 unspecified atom stereocenters. The van der Waals surface area contributed by atoms with Gasteiger partial charge in [-0.05, 0) is 37.2 Å². The summed E-state index contributed by atoms with van der Waals surface area (Å²) >= 11 is 2.02. The van der Waals surface area contributed by atoms with Crippen LogP contribution in [0.3, 0.4) is 0 Å². The maximum absolute atomic E-state index is 11.7. The first-order valence-electron chi connectivity index (χ1n) is 5.95. The predicted molar refractivity (Wildman–Crippen MR) is 64.2 cm³/mol. The molecule has 0 saturated carbocycles. The fraction of sp³-hybridized carbons (Fsp3) is 0.909. The first-order valence-corrected chi connectivity index (χ1v) is 7.10. The minimum atomic E-state index is 0.297. The first-order chi connectivity index (χ1) is 7.36. The van der Waals surface area contributed by atoms with E-state index >= 15 is 0 Å². The zero-order chi connectivity index (χ0) is 10.5. The first kappa shape index (κ1) is 11.3. The van der Waals surface area contributed by atoms with Gasteiger partial charge in [0.1, 0.15) is 0 Å². The van der Waals surface area contributed by atoms with Crippen molar-refractivity contribution in [3.8, 4) is 0 Å². The van der Waals surface area contributed by atoms with Gasteiger partial charge in [0, 0.05) is 19.1 Å².